The van der Waals surface area contributed by atoms with E-state index in [0.29, 0.717) is 15.2 Å². The first-order chi connectivity index (χ1) is 8.97. The van der Waals surface area contributed by atoms with E-state index in [4.69, 9.17) is 11.6 Å². The molecule has 0 fully saturated rings. The van der Waals surface area contributed by atoms with Crippen LogP contribution in [0.4, 0.5) is 10.1 Å². The van der Waals surface area contributed by atoms with Gasteiger partial charge in [0.05, 0.1) is 5.56 Å². The summed E-state index contributed by atoms with van der Waals surface area (Å²) in [5.41, 5.74) is 1.42. The van der Waals surface area contributed by atoms with E-state index in [1.807, 2.05) is 6.92 Å². The second kappa shape index (κ2) is 5.72. The molecule has 0 aromatic heterocycles. The molecule has 0 spiro atoms. The number of hydrogen-bond donors (Lipinski definition) is 1. The molecule has 0 aliphatic rings. The molecule has 1 amide bonds. The molecule has 2 aromatic rings. The molecule has 0 unspecified atom stereocenters. The number of aryl methyl sites for hydroxylation is 1. The molecular weight excluding hydrogens is 333 g/mol. The van der Waals surface area contributed by atoms with E-state index in [-0.39, 0.29) is 5.56 Å². The zero-order chi connectivity index (χ0) is 14.0. The highest BCUT2D eigenvalue weighted by molar-refractivity contribution is 9.10. The lowest BCUT2D eigenvalue weighted by Crippen LogP contribution is -2.13. The van der Waals surface area contributed by atoms with E-state index < -0.39 is 11.7 Å². The zero-order valence-electron chi connectivity index (χ0n) is 10.0. The number of carbonyl (C=O) groups is 1. The molecule has 0 bridgehead atoms. The van der Waals surface area contributed by atoms with Gasteiger partial charge in [-0.15, -0.1) is 0 Å². The third-order valence-corrected chi connectivity index (χ3v) is 3.50. The molecular formula is C14H10BrClFNO. The highest BCUT2D eigenvalue weighted by atomic mass is 79.9. The average molecular weight is 343 g/mol. The van der Waals surface area contributed by atoms with Gasteiger partial charge in [0, 0.05) is 15.2 Å². The normalized spacial score (nSPS) is 10.3. The summed E-state index contributed by atoms with van der Waals surface area (Å²) in [6, 6.07) is 9.34. The fourth-order valence-corrected chi connectivity index (χ4v) is 2.08. The Bertz CT molecular complexity index is 645. The van der Waals surface area contributed by atoms with Gasteiger partial charge < -0.3 is 5.32 Å². The molecule has 0 aliphatic carbocycles. The van der Waals surface area contributed by atoms with Crippen molar-refractivity contribution >= 4 is 39.1 Å². The summed E-state index contributed by atoms with van der Waals surface area (Å²) >= 11 is 9.17. The van der Waals surface area contributed by atoms with E-state index in [0.717, 1.165) is 5.56 Å². The molecule has 2 nitrogen and oxygen atoms in total. The van der Waals surface area contributed by atoms with E-state index in [1.54, 1.807) is 18.2 Å². The van der Waals surface area contributed by atoms with Crippen LogP contribution in [-0.2, 0) is 0 Å². The van der Waals surface area contributed by atoms with Gasteiger partial charge in [0.25, 0.3) is 5.91 Å². The van der Waals surface area contributed by atoms with Crippen molar-refractivity contribution in [3.05, 3.63) is 62.8 Å². The van der Waals surface area contributed by atoms with Crippen molar-refractivity contribution < 1.29 is 9.18 Å². The van der Waals surface area contributed by atoms with Crippen LogP contribution in [0.5, 0.6) is 0 Å². The SMILES string of the molecule is Cc1ccc(NC(=O)c2cc(Br)ccc2F)cc1Cl. The standard InChI is InChI=1S/C14H10BrClFNO/c1-8-2-4-10(7-12(8)16)18-14(19)11-6-9(15)3-5-13(11)17/h2-7H,1H3,(H,18,19). The first kappa shape index (κ1) is 14.0. The Morgan fingerprint density at radius 1 is 1.26 bits per heavy atom. The Hall–Kier alpha value is -1.39. The molecule has 0 radical (unpaired) electrons. The van der Waals surface area contributed by atoms with Crippen LogP contribution in [0.1, 0.15) is 15.9 Å². The van der Waals surface area contributed by atoms with Crippen molar-refractivity contribution in [1.82, 2.24) is 0 Å². The van der Waals surface area contributed by atoms with Gasteiger partial charge in [0.1, 0.15) is 5.82 Å². The van der Waals surface area contributed by atoms with Crippen LogP contribution in [0.2, 0.25) is 5.02 Å². The van der Waals surface area contributed by atoms with Gasteiger partial charge in [-0.05, 0) is 42.8 Å². The highest BCUT2D eigenvalue weighted by Crippen LogP contribution is 2.21. The van der Waals surface area contributed by atoms with Crippen LogP contribution >= 0.6 is 27.5 Å². The first-order valence-corrected chi connectivity index (χ1v) is 6.67. The minimum absolute atomic E-state index is 0.0222. The average Bonchev–Trinajstić information content (AvgIpc) is 2.36. The first-order valence-electron chi connectivity index (χ1n) is 5.50. The molecule has 2 rings (SSSR count). The summed E-state index contributed by atoms with van der Waals surface area (Å²) < 4.78 is 14.2. The molecule has 2 aromatic carbocycles. The number of hydrogen-bond acceptors (Lipinski definition) is 1. The summed E-state index contributed by atoms with van der Waals surface area (Å²) in [7, 11) is 0. The van der Waals surface area contributed by atoms with Crippen molar-refractivity contribution in [3.8, 4) is 0 Å². The Balaban J connectivity index is 2.25. The Morgan fingerprint density at radius 3 is 2.68 bits per heavy atom. The second-order valence-electron chi connectivity index (χ2n) is 4.04. The Kier molecular flexibility index (Phi) is 4.22. The molecule has 0 saturated carbocycles. The van der Waals surface area contributed by atoms with Gasteiger partial charge in [-0.1, -0.05) is 33.6 Å². The highest BCUT2D eigenvalue weighted by Gasteiger charge is 2.12. The topological polar surface area (TPSA) is 29.1 Å². The van der Waals surface area contributed by atoms with Crippen molar-refractivity contribution in [3.63, 3.8) is 0 Å². The number of nitrogens with one attached hydrogen (secondary N) is 1. The number of anilines is 1. The van der Waals surface area contributed by atoms with Gasteiger partial charge in [-0.3, -0.25) is 4.79 Å². The number of benzene rings is 2. The van der Waals surface area contributed by atoms with Crippen LogP contribution < -0.4 is 5.32 Å². The van der Waals surface area contributed by atoms with Crippen molar-refractivity contribution in [2.24, 2.45) is 0 Å². The van der Waals surface area contributed by atoms with Crippen LogP contribution in [0.15, 0.2) is 40.9 Å². The minimum Gasteiger partial charge on any atom is -0.322 e. The Labute approximate surface area is 123 Å². The molecule has 0 atom stereocenters. The van der Waals surface area contributed by atoms with Crippen LogP contribution in [-0.4, -0.2) is 5.91 Å². The summed E-state index contributed by atoms with van der Waals surface area (Å²) in [5.74, 6) is -1.09. The molecule has 0 heterocycles. The third kappa shape index (κ3) is 3.33. The molecule has 19 heavy (non-hydrogen) atoms. The smallest absolute Gasteiger partial charge is 0.258 e. The van der Waals surface area contributed by atoms with E-state index in [1.165, 1.54) is 18.2 Å². The summed E-state index contributed by atoms with van der Waals surface area (Å²) in [6.45, 7) is 1.86. The number of carbonyl (C=O) groups excluding carboxylic acids is 1. The van der Waals surface area contributed by atoms with Gasteiger partial charge in [-0.25, -0.2) is 4.39 Å². The number of rotatable bonds is 2. The fraction of sp³-hybridized carbons (Fsp3) is 0.0714. The third-order valence-electron chi connectivity index (χ3n) is 2.60. The van der Waals surface area contributed by atoms with Gasteiger partial charge in [0.15, 0.2) is 0 Å². The van der Waals surface area contributed by atoms with Crippen molar-refractivity contribution in [2.75, 3.05) is 5.32 Å². The van der Waals surface area contributed by atoms with Gasteiger partial charge >= 0.3 is 0 Å². The molecule has 1 N–H and O–H groups in total. The minimum atomic E-state index is -0.570. The maximum absolute atomic E-state index is 13.6. The number of halogens is 3. The summed E-state index contributed by atoms with van der Waals surface area (Å²) in [5, 5.41) is 3.16. The second-order valence-corrected chi connectivity index (χ2v) is 5.37. The van der Waals surface area contributed by atoms with Gasteiger partial charge in [0.2, 0.25) is 0 Å². The van der Waals surface area contributed by atoms with Crippen LogP contribution in [0, 0.1) is 12.7 Å². The van der Waals surface area contributed by atoms with E-state index in [2.05, 4.69) is 21.2 Å². The van der Waals surface area contributed by atoms with E-state index in [9.17, 15) is 9.18 Å². The maximum atomic E-state index is 13.6. The lowest BCUT2D eigenvalue weighted by Gasteiger charge is -2.08. The predicted molar refractivity (Wildman–Crippen MR) is 78.2 cm³/mol. The molecule has 0 aliphatic heterocycles. The van der Waals surface area contributed by atoms with Crippen molar-refractivity contribution in [1.29, 1.82) is 0 Å². The van der Waals surface area contributed by atoms with Crippen LogP contribution in [0.3, 0.4) is 0 Å². The molecule has 98 valence electrons. The monoisotopic (exact) mass is 341 g/mol. The lowest BCUT2D eigenvalue weighted by atomic mass is 10.2. The lowest BCUT2D eigenvalue weighted by molar-refractivity contribution is 0.102. The fourth-order valence-electron chi connectivity index (χ4n) is 1.54. The molecule has 5 heteroatoms. The van der Waals surface area contributed by atoms with Gasteiger partial charge in [-0.2, -0.15) is 0 Å². The Morgan fingerprint density at radius 2 is 2.00 bits per heavy atom. The summed E-state index contributed by atoms with van der Waals surface area (Å²) in [6.07, 6.45) is 0. The number of amides is 1. The van der Waals surface area contributed by atoms with E-state index >= 15 is 0 Å². The van der Waals surface area contributed by atoms with Crippen molar-refractivity contribution in [2.45, 2.75) is 6.92 Å². The predicted octanol–water partition coefficient (Wildman–Crippen LogP) is 4.80. The largest absolute Gasteiger partial charge is 0.322 e. The van der Waals surface area contributed by atoms with Crippen LogP contribution in [0.25, 0.3) is 0 Å². The summed E-state index contributed by atoms with van der Waals surface area (Å²) in [4.78, 5) is 12.0. The maximum Gasteiger partial charge on any atom is 0.258 e. The zero-order valence-corrected chi connectivity index (χ0v) is 12.3. The quantitative estimate of drug-likeness (QED) is 0.834. The molecule has 0 saturated heterocycles.